The summed E-state index contributed by atoms with van der Waals surface area (Å²) in [5.74, 6) is 0. The van der Waals surface area contributed by atoms with Gasteiger partial charge in [0, 0.05) is 35.6 Å². The number of rotatable bonds is 0. The summed E-state index contributed by atoms with van der Waals surface area (Å²) in [4.78, 5) is 4.69. The lowest BCUT2D eigenvalue weighted by molar-refractivity contribution is 0.973. The van der Waals surface area contributed by atoms with E-state index in [1.165, 1.54) is 48.6 Å². The maximum absolute atomic E-state index is 4.69. The third kappa shape index (κ3) is 1.68. The number of benzene rings is 4. The van der Waals surface area contributed by atoms with Crippen LogP contribution in [0.1, 0.15) is 0 Å². The smallest absolute Gasteiger partial charge is 0.0802 e. The summed E-state index contributed by atoms with van der Waals surface area (Å²) in [6, 6.07) is 24.1. The van der Waals surface area contributed by atoms with Gasteiger partial charge in [-0.15, -0.1) is 0 Å². The van der Waals surface area contributed by atoms with Gasteiger partial charge in [-0.2, -0.15) is 0 Å². The fourth-order valence-electron chi connectivity index (χ4n) is 4.36. The molecule has 0 saturated carbocycles. The zero-order chi connectivity index (χ0) is 17.3. The Bertz CT molecular complexity index is 1490. The molecule has 0 N–H and O–H groups in total. The molecule has 26 heavy (non-hydrogen) atoms. The van der Waals surface area contributed by atoms with E-state index in [9.17, 15) is 0 Å². The van der Waals surface area contributed by atoms with Gasteiger partial charge in [-0.05, 0) is 51.2 Å². The molecule has 0 fully saturated rings. The minimum atomic E-state index is 1.08. The molecule has 2 heteroatoms. The zero-order valence-corrected chi connectivity index (χ0v) is 14.4. The predicted octanol–water partition coefficient (Wildman–Crippen LogP) is 6.19. The Hall–Kier alpha value is -3.39. The Morgan fingerprint density at radius 3 is 2.42 bits per heavy atom. The first-order valence-corrected chi connectivity index (χ1v) is 8.88. The molecule has 0 spiro atoms. The summed E-state index contributed by atoms with van der Waals surface area (Å²) in [7, 11) is 2.12. The van der Waals surface area contributed by atoms with E-state index < -0.39 is 0 Å². The van der Waals surface area contributed by atoms with Crippen LogP contribution in [-0.2, 0) is 7.05 Å². The number of hydrogen-bond donors (Lipinski definition) is 0. The molecule has 0 aliphatic carbocycles. The lowest BCUT2D eigenvalue weighted by Gasteiger charge is -2.12. The van der Waals surface area contributed by atoms with Crippen molar-refractivity contribution in [2.45, 2.75) is 0 Å². The summed E-state index contributed by atoms with van der Waals surface area (Å²) >= 11 is 0. The second kappa shape index (κ2) is 4.83. The average molecular weight is 332 g/mol. The summed E-state index contributed by atoms with van der Waals surface area (Å²) in [6.45, 7) is 0. The molecule has 2 aromatic heterocycles. The van der Waals surface area contributed by atoms with Crippen LogP contribution >= 0.6 is 0 Å². The first-order chi connectivity index (χ1) is 12.8. The molecule has 6 rings (SSSR count). The SMILES string of the molecule is Cn1ccc2c3ncccc3c3ccc4cc5ccccc5cc4c3c21. The van der Waals surface area contributed by atoms with Crippen LogP contribution < -0.4 is 0 Å². The predicted molar refractivity (Wildman–Crippen MR) is 111 cm³/mol. The molecule has 2 nitrogen and oxygen atoms in total. The van der Waals surface area contributed by atoms with Crippen molar-refractivity contribution in [1.82, 2.24) is 9.55 Å². The molecule has 0 radical (unpaired) electrons. The van der Waals surface area contributed by atoms with Crippen molar-refractivity contribution in [1.29, 1.82) is 0 Å². The Kier molecular flexibility index (Phi) is 2.57. The molecule has 0 bridgehead atoms. The maximum atomic E-state index is 4.69. The molecule has 0 amide bonds. The molecule has 0 saturated heterocycles. The van der Waals surface area contributed by atoms with Crippen LogP contribution in [0.2, 0.25) is 0 Å². The van der Waals surface area contributed by atoms with Crippen LogP contribution in [-0.4, -0.2) is 9.55 Å². The van der Waals surface area contributed by atoms with E-state index in [-0.39, 0.29) is 0 Å². The molecule has 0 unspecified atom stereocenters. The minimum Gasteiger partial charge on any atom is -0.350 e. The Morgan fingerprint density at radius 1 is 0.692 bits per heavy atom. The van der Waals surface area contributed by atoms with E-state index in [4.69, 9.17) is 0 Å². The Morgan fingerprint density at radius 2 is 1.54 bits per heavy atom. The molecule has 0 aliphatic rings. The highest BCUT2D eigenvalue weighted by atomic mass is 14.9. The third-order valence-electron chi connectivity index (χ3n) is 5.55. The number of nitrogens with zero attached hydrogens (tertiary/aromatic N) is 2. The van der Waals surface area contributed by atoms with Gasteiger partial charge >= 0.3 is 0 Å². The van der Waals surface area contributed by atoms with Crippen LogP contribution in [0.5, 0.6) is 0 Å². The fraction of sp³-hybridized carbons (Fsp3) is 0.0417. The molecule has 2 heterocycles. The van der Waals surface area contributed by atoms with E-state index in [2.05, 4.69) is 83.5 Å². The van der Waals surface area contributed by atoms with Crippen LogP contribution in [0.4, 0.5) is 0 Å². The molecule has 6 aromatic rings. The molecule has 0 atom stereocenters. The summed E-state index contributed by atoms with van der Waals surface area (Å²) in [5, 5.41) is 10.2. The van der Waals surface area contributed by atoms with Gasteiger partial charge in [-0.1, -0.05) is 42.5 Å². The van der Waals surface area contributed by atoms with E-state index in [0.717, 1.165) is 5.52 Å². The standard InChI is InChI=1S/C24H16N2/c1-26-12-10-20-23-19(7-4-11-25-23)18-9-8-17-13-15-5-2-3-6-16(15)14-21(17)22(18)24(20)26/h2-14H,1H3. The maximum Gasteiger partial charge on any atom is 0.0802 e. The van der Waals surface area contributed by atoms with Gasteiger partial charge in [0.1, 0.15) is 0 Å². The van der Waals surface area contributed by atoms with E-state index in [0.29, 0.717) is 0 Å². The second-order valence-corrected chi connectivity index (χ2v) is 7.00. The Labute approximate surface area is 150 Å². The molecule has 0 aliphatic heterocycles. The third-order valence-corrected chi connectivity index (χ3v) is 5.55. The fourth-order valence-corrected chi connectivity index (χ4v) is 4.36. The molecule has 122 valence electrons. The lowest BCUT2D eigenvalue weighted by atomic mass is 9.94. The van der Waals surface area contributed by atoms with Gasteiger partial charge < -0.3 is 4.57 Å². The van der Waals surface area contributed by atoms with Crippen molar-refractivity contribution in [3.63, 3.8) is 0 Å². The zero-order valence-electron chi connectivity index (χ0n) is 14.4. The van der Waals surface area contributed by atoms with E-state index in [1.54, 1.807) is 0 Å². The average Bonchev–Trinajstić information content (AvgIpc) is 3.08. The van der Waals surface area contributed by atoms with Crippen LogP contribution in [0, 0.1) is 0 Å². The van der Waals surface area contributed by atoms with Gasteiger partial charge in [0.25, 0.3) is 0 Å². The highest BCUT2D eigenvalue weighted by Crippen LogP contribution is 2.39. The number of pyridine rings is 1. The van der Waals surface area contributed by atoms with E-state index >= 15 is 0 Å². The highest BCUT2D eigenvalue weighted by Gasteiger charge is 2.14. The topological polar surface area (TPSA) is 17.8 Å². The summed E-state index contributed by atoms with van der Waals surface area (Å²) < 4.78 is 2.22. The van der Waals surface area contributed by atoms with Crippen molar-refractivity contribution >= 4 is 54.1 Å². The largest absolute Gasteiger partial charge is 0.350 e. The molecular weight excluding hydrogens is 316 g/mol. The number of aromatic nitrogens is 2. The first-order valence-electron chi connectivity index (χ1n) is 8.88. The van der Waals surface area contributed by atoms with Crippen molar-refractivity contribution < 1.29 is 0 Å². The number of fused-ring (bicyclic) bond motifs is 9. The number of hydrogen-bond acceptors (Lipinski definition) is 1. The quantitative estimate of drug-likeness (QED) is 0.240. The van der Waals surface area contributed by atoms with Gasteiger partial charge in [-0.25, -0.2) is 0 Å². The highest BCUT2D eigenvalue weighted by molar-refractivity contribution is 6.30. The summed E-state index contributed by atoms with van der Waals surface area (Å²) in [5.41, 5.74) is 2.34. The minimum absolute atomic E-state index is 1.08. The molecular formula is C24H16N2. The molecule has 4 aromatic carbocycles. The Balaban J connectivity index is 1.99. The number of aryl methyl sites for hydroxylation is 1. The lowest BCUT2D eigenvalue weighted by Crippen LogP contribution is -1.90. The second-order valence-electron chi connectivity index (χ2n) is 7.00. The van der Waals surface area contributed by atoms with Crippen LogP contribution in [0.25, 0.3) is 54.1 Å². The van der Waals surface area contributed by atoms with Gasteiger partial charge in [0.05, 0.1) is 11.0 Å². The van der Waals surface area contributed by atoms with Crippen LogP contribution in [0.3, 0.4) is 0 Å². The van der Waals surface area contributed by atoms with Crippen molar-refractivity contribution in [2.75, 3.05) is 0 Å². The van der Waals surface area contributed by atoms with Gasteiger partial charge in [0.15, 0.2) is 0 Å². The summed E-state index contributed by atoms with van der Waals surface area (Å²) in [6.07, 6.45) is 4.02. The van der Waals surface area contributed by atoms with Gasteiger partial charge in [0.2, 0.25) is 0 Å². The van der Waals surface area contributed by atoms with Crippen molar-refractivity contribution in [3.05, 3.63) is 79.1 Å². The van der Waals surface area contributed by atoms with Gasteiger partial charge in [-0.3, -0.25) is 4.98 Å². The normalized spacial score (nSPS) is 12.0. The van der Waals surface area contributed by atoms with Crippen molar-refractivity contribution in [3.8, 4) is 0 Å². The monoisotopic (exact) mass is 332 g/mol. The first kappa shape index (κ1) is 13.9. The van der Waals surface area contributed by atoms with Crippen molar-refractivity contribution in [2.24, 2.45) is 7.05 Å². The van der Waals surface area contributed by atoms with E-state index in [1.807, 2.05) is 12.3 Å². The van der Waals surface area contributed by atoms with Crippen LogP contribution in [0.15, 0.2) is 79.1 Å².